The fourth-order valence-electron chi connectivity index (χ4n) is 2.90. The average molecular weight is 271 g/mol. The number of anilines is 1. The van der Waals surface area contributed by atoms with Crippen LogP contribution >= 0.6 is 0 Å². The number of nitrogens with two attached hydrogens (primary N) is 1. The Morgan fingerprint density at radius 3 is 3.05 bits per heavy atom. The molecular weight excluding hydrogens is 254 g/mol. The predicted octanol–water partition coefficient (Wildman–Crippen LogP) is 0.231. The second kappa shape index (κ2) is 5.02. The van der Waals surface area contributed by atoms with Crippen molar-refractivity contribution in [2.75, 3.05) is 31.1 Å². The minimum Gasteiger partial charge on any atom is -0.367 e. The number of rotatable bonds is 2. The summed E-state index contributed by atoms with van der Waals surface area (Å²) < 4.78 is 0. The molecule has 20 heavy (non-hydrogen) atoms. The number of carbonyl (C=O) groups excluding carboxylic acids is 1. The second-order valence-electron chi connectivity index (χ2n) is 5.15. The highest BCUT2D eigenvalue weighted by Crippen LogP contribution is 2.25. The van der Waals surface area contributed by atoms with Crippen molar-refractivity contribution in [2.24, 2.45) is 5.73 Å². The van der Waals surface area contributed by atoms with Gasteiger partial charge in [-0.1, -0.05) is 6.07 Å². The zero-order chi connectivity index (χ0) is 14.1. The molecule has 2 fully saturated rings. The molecule has 0 aromatic heterocycles. The minimum absolute atomic E-state index is 0.0219. The van der Waals surface area contributed by atoms with Gasteiger partial charge in [-0.15, -0.1) is 0 Å². The number of amides is 2. The maximum atomic E-state index is 11.6. The van der Waals surface area contributed by atoms with Gasteiger partial charge in [0.15, 0.2) is 0 Å². The van der Waals surface area contributed by atoms with E-state index < -0.39 is 0 Å². The maximum Gasteiger partial charge on any atom is 0.317 e. The van der Waals surface area contributed by atoms with Crippen LogP contribution in [0, 0.1) is 11.3 Å². The lowest BCUT2D eigenvalue weighted by Crippen LogP contribution is -2.52. The molecule has 6 nitrogen and oxygen atoms in total. The van der Waals surface area contributed by atoms with Crippen molar-refractivity contribution in [3.05, 3.63) is 29.3 Å². The zero-order valence-corrected chi connectivity index (χ0v) is 11.2. The fourth-order valence-corrected chi connectivity index (χ4v) is 2.90. The lowest BCUT2D eigenvalue weighted by Gasteiger charge is -2.38. The van der Waals surface area contributed by atoms with Crippen LogP contribution in [0.2, 0.25) is 0 Å². The molecule has 0 spiro atoms. The van der Waals surface area contributed by atoms with Gasteiger partial charge < -0.3 is 20.9 Å². The van der Waals surface area contributed by atoms with Crippen molar-refractivity contribution in [1.82, 2.24) is 10.2 Å². The van der Waals surface area contributed by atoms with E-state index in [9.17, 15) is 10.1 Å². The van der Waals surface area contributed by atoms with E-state index in [4.69, 9.17) is 5.73 Å². The monoisotopic (exact) mass is 271 g/mol. The van der Waals surface area contributed by atoms with Gasteiger partial charge in [0.1, 0.15) is 6.07 Å². The summed E-state index contributed by atoms with van der Waals surface area (Å²) in [7, 11) is 0. The van der Waals surface area contributed by atoms with Crippen LogP contribution in [0.15, 0.2) is 18.2 Å². The summed E-state index contributed by atoms with van der Waals surface area (Å²) in [6.45, 7) is 3.32. The van der Waals surface area contributed by atoms with Crippen molar-refractivity contribution in [1.29, 1.82) is 5.26 Å². The molecule has 1 unspecified atom stereocenters. The number of fused-ring (bicyclic) bond motifs is 1. The maximum absolute atomic E-state index is 11.6. The summed E-state index contributed by atoms with van der Waals surface area (Å²) in [5.74, 6) is 0. The van der Waals surface area contributed by atoms with Gasteiger partial charge in [-0.05, 0) is 17.7 Å². The van der Waals surface area contributed by atoms with Crippen LogP contribution in [-0.2, 0) is 6.54 Å². The van der Waals surface area contributed by atoms with Gasteiger partial charge in [0.2, 0.25) is 0 Å². The summed E-state index contributed by atoms with van der Waals surface area (Å²) in [4.78, 5) is 15.6. The molecule has 0 saturated carbocycles. The first-order valence-corrected chi connectivity index (χ1v) is 6.75. The molecule has 0 aliphatic carbocycles. The number of nitrogens with zero attached hydrogens (tertiary/aromatic N) is 3. The molecular formula is C14H17N5O. The van der Waals surface area contributed by atoms with E-state index >= 15 is 0 Å². The normalized spacial score (nSPS) is 21.4. The first-order valence-electron chi connectivity index (χ1n) is 6.75. The fraction of sp³-hybridized carbons (Fsp3) is 0.429. The third-order valence-corrected chi connectivity index (χ3v) is 3.99. The van der Waals surface area contributed by atoms with Gasteiger partial charge in [0.25, 0.3) is 0 Å². The number of piperazine rings is 1. The predicted molar refractivity (Wildman–Crippen MR) is 75.2 cm³/mol. The van der Waals surface area contributed by atoms with Crippen LogP contribution in [0.4, 0.5) is 10.5 Å². The summed E-state index contributed by atoms with van der Waals surface area (Å²) in [5, 5.41) is 12.2. The average Bonchev–Trinajstić information content (AvgIpc) is 2.87. The molecule has 1 atom stereocenters. The lowest BCUT2D eigenvalue weighted by molar-refractivity contribution is 0.197. The molecule has 2 amide bonds. The third-order valence-electron chi connectivity index (χ3n) is 3.99. The van der Waals surface area contributed by atoms with Crippen LogP contribution in [0.1, 0.15) is 11.1 Å². The van der Waals surface area contributed by atoms with E-state index in [2.05, 4.69) is 16.3 Å². The number of benzene rings is 1. The first kappa shape index (κ1) is 12.8. The van der Waals surface area contributed by atoms with E-state index in [0.29, 0.717) is 25.2 Å². The number of hydrogen-bond acceptors (Lipinski definition) is 4. The van der Waals surface area contributed by atoms with Crippen LogP contribution in [0.3, 0.4) is 0 Å². The van der Waals surface area contributed by atoms with Gasteiger partial charge in [-0.3, -0.25) is 0 Å². The van der Waals surface area contributed by atoms with Crippen molar-refractivity contribution < 1.29 is 4.79 Å². The molecule has 1 aromatic carbocycles. The molecule has 104 valence electrons. The number of urea groups is 1. The highest BCUT2D eigenvalue weighted by Gasteiger charge is 2.35. The third kappa shape index (κ3) is 2.06. The van der Waals surface area contributed by atoms with Crippen molar-refractivity contribution in [2.45, 2.75) is 12.6 Å². The summed E-state index contributed by atoms with van der Waals surface area (Å²) in [6, 6.07) is 8.22. The Labute approximate surface area is 117 Å². The molecule has 0 bridgehead atoms. The van der Waals surface area contributed by atoms with Gasteiger partial charge in [0.05, 0.1) is 17.3 Å². The molecule has 2 aliphatic heterocycles. The van der Waals surface area contributed by atoms with Crippen LogP contribution < -0.4 is 16.0 Å². The van der Waals surface area contributed by atoms with E-state index in [1.807, 2.05) is 23.1 Å². The molecule has 2 aliphatic rings. The van der Waals surface area contributed by atoms with Gasteiger partial charge in [-0.25, -0.2) is 4.79 Å². The SMILES string of the molecule is N#Cc1cc(CN)ccc1N1CCN2C(=O)NCC2C1. The summed E-state index contributed by atoms with van der Waals surface area (Å²) in [5.41, 5.74) is 8.16. The lowest BCUT2D eigenvalue weighted by atomic mass is 10.1. The van der Waals surface area contributed by atoms with Crippen molar-refractivity contribution in [3.8, 4) is 6.07 Å². The van der Waals surface area contributed by atoms with Crippen LogP contribution in [0.5, 0.6) is 0 Å². The van der Waals surface area contributed by atoms with Crippen LogP contribution in [0.25, 0.3) is 0 Å². The van der Waals surface area contributed by atoms with E-state index in [1.54, 1.807) is 0 Å². The molecule has 0 radical (unpaired) electrons. The van der Waals surface area contributed by atoms with Crippen molar-refractivity contribution in [3.63, 3.8) is 0 Å². The Balaban J connectivity index is 1.84. The Bertz CT molecular complexity index is 579. The standard InChI is InChI=1S/C14H17N5O/c15-6-10-1-2-13(11(5-10)7-16)18-3-4-19-12(9-18)8-17-14(19)20/h1-2,5,12H,3-4,6,8-9,15H2,(H,17,20). The summed E-state index contributed by atoms with van der Waals surface area (Å²) >= 11 is 0. The highest BCUT2D eigenvalue weighted by atomic mass is 16.2. The molecule has 3 N–H and O–H groups in total. The smallest absolute Gasteiger partial charge is 0.317 e. The number of carbonyl (C=O) groups is 1. The Kier molecular flexibility index (Phi) is 3.20. The zero-order valence-electron chi connectivity index (χ0n) is 11.2. The number of nitrogens with one attached hydrogen (secondary N) is 1. The van der Waals surface area contributed by atoms with Gasteiger partial charge in [-0.2, -0.15) is 5.26 Å². The van der Waals surface area contributed by atoms with Crippen molar-refractivity contribution >= 4 is 11.7 Å². The summed E-state index contributed by atoms with van der Waals surface area (Å²) in [6.07, 6.45) is 0. The van der Waals surface area contributed by atoms with Gasteiger partial charge >= 0.3 is 6.03 Å². The topological polar surface area (TPSA) is 85.4 Å². The van der Waals surface area contributed by atoms with Crippen LogP contribution in [-0.4, -0.2) is 43.2 Å². The molecule has 3 rings (SSSR count). The second-order valence-corrected chi connectivity index (χ2v) is 5.15. The Morgan fingerprint density at radius 1 is 1.45 bits per heavy atom. The Morgan fingerprint density at radius 2 is 2.30 bits per heavy atom. The molecule has 6 heteroatoms. The molecule has 2 saturated heterocycles. The van der Waals surface area contributed by atoms with Gasteiger partial charge in [0, 0.05) is 32.7 Å². The van der Waals surface area contributed by atoms with E-state index in [0.717, 1.165) is 24.3 Å². The number of hydrogen-bond donors (Lipinski definition) is 2. The van der Waals surface area contributed by atoms with E-state index in [-0.39, 0.29) is 12.1 Å². The van der Waals surface area contributed by atoms with E-state index in [1.165, 1.54) is 0 Å². The molecule has 1 aromatic rings. The molecule has 2 heterocycles. The highest BCUT2D eigenvalue weighted by molar-refractivity contribution is 5.77. The minimum atomic E-state index is 0.0219. The Hall–Kier alpha value is -2.26. The quantitative estimate of drug-likeness (QED) is 0.806. The number of nitriles is 1. The first-order chi connectivity index (χ1) is 9.72. The largest absolute Gasteiger partial charge is 0.367 e.